The molecular weight excluding hydrogens is 376 g/mol. The van der Waals surface area contributed by atoms with E-state index in [0.717, 1.165) is 19.2 Å². The molecule has 1 heterocycles. The summed E-state index contributed by atoms with van der Waals surface area (Å²) < 4.78 is 2.71. The summed E-state index contributed by atoms with van der Waals surface area (Å²) in [6.45, 7) is 0. The fraction of sp³-hybridized carbons (Fsp3) is 0.118. The zero-order chi connectivity index (χ0) is 17.6. The molecule has 1 N–H and O–H groups in total. The molecule has 0 aliphatic heterocycles. The van der Waals surface area contributed by atoms with Gasteiger partial charge >= 0.3 is 5.69 Å². The lowest BCUT2D eigenvalue weighted by Crippen LogP contribution is -2.38. The fourth-order valence-electron chi connectivity index (χ4n) is 2.58. The fourth-order valence-corrected chi connectivity index (χ4v) is 2.96. The van der Waals surface area contributed by atoms with Gasteiger partial charge in [-0.1, -0.05) is 28.1 Å². The second-order valence-electron chi connectivity index (χ2n) is 5.43. The topological polar surface area (TPSA) is 81.3 Å². The van der Waals surface area contributed by atoms with Crippen LogP contribution in [0.25, 0.3) is 17.7 Å². The first-order valence-corrected chi connectivity index (χ1v) is 7.83. The van der Waals surface area contributed by atoms with E-state index in [-0.39, 0.29) is 16.9 Å². The normalized spacial score (nSPS) is 15.0. The van der Waals surface area contributed by atoms with Crippen LogP contribution in [0.5, 0.6) is 5.88 Å². The van der Waals surface area contributed by atoms with Crippen molar-refractivity contribution in [2.75, 3.05) is 0 Å². The summed E-state index contributed by atoms with van der Waals surface area (Å²) in [5.74, 6) is -0.753. The van der Waals surface area contributed by atoms with Crippen molar-refractivity contribution in [2.24, 2.45) is 14.1 Å². The first-order chi connectivity index (χ1) is 11.3. The van der Waals surface area contributed by atoms with Gasteiger partial charge < -0.3 is 5.11 Å². The number of carbonyl (C=O) groups excluding carboxylic acids is 1. The van der Waals surface area contributed by atoms with Crippen molar-refractivity contribution in [3.8, 4) is 5.88 Å². The standard InChI is InChI=1S/C17H13BrN2O4/c1-19-15(22)13(16(23)20(2)17(19)24)8-12-11-5-4-10(18)7-9(11)3-6-14(12)21/h3-8,22H,1-2H3/b12-8+. The molecule has 7 heteroatoms. The molecule has 0 amide bonds. The highest BCUT2D eigenvalue weighted by atomic mass is 79.9. The Labute approximate surface area is 145 Å². The molecule has 1 aliphatic carbocycles. The smallest absolute Gasteiger partial charge is 0.333 e. The Hall–Kier alpha value is -2.67. The third-order valence-electron chi connectivity index (χ3n) is 3.94. The Morgan fingerprint density at radius 2 is 1.79 bits per heavy atom. The number of aromatic hydroxyl groups is 1. The van der Waals surface area contributed by atoms with Crippen molar-refractivity contribution in [3.63, 3.8) is 0 Å². The Bertz CT molecular complexity index is 1060. The third-order valence-corrected chi connectivity index (χ3v) is 4.43. The number of aromatic nitrogens is 2. The zero-order valence-electron chi connectivity index (χ0n) is 12.9. The van der Waals surface area contributed by atoms with E-state index in [9.17, 15) is 19.5 Å². The highest BCUT2D eigenvalue weighted by Crippen LogP contribution is 2.31. The van der Waals surface area contributed by atoms with Crippen LogP contribution < -0.4 is 11.2 Å². The van der Waals surface area contributed by atoms with Crippen molar-refractivity contribution in [3.05, 3.63) is 66.3 Å². The summed E-state index contributed by atoms with van der Waals surface area (Å²) in [5.41, 5.74) is 0.346. The highest BCUT2D eigenvalue weighted by Gasteiger charge is 2.20. The van der Waals surface area contributed by atoms with Crippen LogP contribution in [-0.4, -0.2) is 20.0 Å². The second-order valence-corrected chi connectivity index (χ2v) is 6.35. The Balaban J connectivity index is 2.31. The number of benzene rings is 1. The average Bonchev–Trinajstić information content (AvgIpc) is 2.56. The Morgan fingerprint density at radius 3 is 2.50 bits per heavy atom. The van der Waals surface area contributed by atoms with Gasteiger partial charge in [-0.05, 0) is 35.4 Å². The summed E-state index contributed by atoms with van der Waals surface area (Å²) in [6, 6.07) is 5.40. The van der Waals surface area contributed by atoms with E-state index < -0.39 is 17.1 Å². The molecule has 2 aromatic rings. The predicted octanol–water partition coefficient (Wildman–Crippen LogP) is 1.69. The third kappa shape index (κ3) is 2.46. The van der Waals surface area contributed by atoms with Crippen LogP contribution in [0, 0.1) is 0 Å². The Kier molecular flexibility index (Phi) is 3.88. The maximum absolute atomic E-state index is 12.3. The van der Waals surface area contributed by atoms with Gasteiger partial charge in [-0.25, -0.2) is 4.79 Å². The monoisotopic (exact) mass is 388 g/mol. The van der Waals surface area contributed by atoms with Crippen LogP contribution in [0.4, 0.5) is 0 Å². The van der Waals surface area contributed by atoms with Crippen molar-refractivity contribution in [1.29, 1.82) is 0 Å². The maximum atomic E-state index is 12.3. The molecule has 0 bridgehead atoms. The van der Waals surface area contributed by atoms with E-state index in [4.69, 9.17) is 0 Å². The van der Waals surface area contributed by atoms with Crippen LogP contribution >= 0.6 is 15.9 Å². The minimum Gasteiger partial charge on any atom is -0.494 e. The van der Waals surface area contributed by atoms with E-state index in [0.29, 0.717) is 5.56 Å². The first-order valence-electron chi connectivity index (χ1n) is 7.04. The molecule has 0 saturated heterocycles. The predicted molar refractivity (Wildman–Crippen MR) is 94.6 cm³/mol. The maximum Gasteiger partial charge on any atom is 0.333 e. The van der Waals surface area contributed by atoms with E-state index in [2.05, 4.69) is 15.9 Å². The molecule has 0 atom stereocenters. The van der Waals surface area contributed by atoms with Gasteiger partial charge in [-0.15, -0.1) is 0 Å². The molecule has 0 fully saturated rings. The number of hydrogen-bond acceptors (Lipinski definition) is 4. The molecular formula is C17H13BrN2O4. The molecule has 122 valence electrons. The van der Waals surface area contributed by atoms with Crippen LogP contribution in [-0.2, 0) is 18.9 Å². The number of allylic oxidation sites excluding steroid dienone is 2. The lowest BCUT2D eigenvalue weighted by molar-refractivity contribution is -0.109. The van der Waals surface area contributed by atoms with Crippen molar-refractivity contribution < 1.29 is 9.90 Å². The number of hydrogen-bond donors (Lipinski definition) is 1. The number of nitrogens with zero attached hydrogens (tertiary/aromatic N) is 2. The van der Waals surface area contributed by atoms with Crippen LogP contribution in [0.3, 0.4) is 0 Å². The van der Waals surface area contributed by atoms with Gasteiger partial charge in [0.1, 0.15) is 5.56 Å². The first kappa shape index (κ1) is 16.2. The average molecular weight is 389 g/mol. The summed E-state index contributed by atoms with van der Waals surface area (Å²) in [4.78, 5) is 36.4. The summed E-state index contributed by atoms with van der Waals surface area (Å²) in [7, 11) is 2.67. The van der Waals surface area contributed by atoms with Gasteiger partial charge in [0, 0.05) is 24.1 Å². The molecule has 6 nitrogen and oxygen atoms in total. The lowest BCUT2D eigenvalue weighted by Gasteiger charge is -2.14. The van der Waals surface area contributed by atoms with Crippen LogP contribution in [0.15, 0.2) is 38.3 Å². The van der Waals surface area contributed by atoms with Crippen LogP contribution in [0.1, 0.15) is 16.7 Å². The van der Waals surface area contributed by atoms with Gasteiger partial charge in [0.05, 0.1) is 0 Å². The minimum atomic E-state index is -0.663. The molecule has 0 saturated carbocycles. The van der Waals surface area contributed by atoms with Gasteiger partial charge in [-0.2, -0.15) is 0 Å². The Morgan fingerprint density at radius 1 is 1.08 bits per heavy atom. The molecule has 0 spiro atoms. The largest absolute Gasteiger partial charge is 0.494 e. The number of ketones is 1. The van der Waals surface area contributed by atoms with Crippen molar-refractivity contribution in [1.82, 2.24) is 9.13 Å². The minimum absolute atomic E-state index is 0.105. The summed E-state index contributed by atoms with van der Waals surface area (Å²) >= 11 is 3.37. The molecule has 24 heavy (non-hydrogen) atoms. The number of halogens is 1. The molecule has 3 rings (SSSR count). The van der Waals surface area contributed by atoms with E-state index in [1.54, 1.807) is 18.2 Å². The highest BCUT2D eigenvalue weighted by molar-refractivity contribution is 9.10. The zero-order valence-corrected chi connectivity index (χ0v) is 14.5. The molecule has 1 aromatic carbocycles. The van der Waals surface area contributed by atoms with Gasteiger partial charge in [0.2, 0.25) is 5.88 Å². The van der Waals surface area contributed by atoms with Gasteiger partial charge in [0.25, 0.3) is 5.56 Å². The molecule has 1 aromatic heterocycles. The SMILES string of the molecule is Cn1c(O)c(/C=C2/C(=O)C=Cc3cc(Br)ccc32)c(=O)n(C)c1=O. The quantitative estimate of drug-likeness (QED) is 0.753. The van der Waals surface area contributed by atoms with Gasteiger partial charge in [-0.3, -0.25) is 18.7 Å². The molecule has 0 radical (unpaired) electrons. The summed E-state index contributed by atoms with van der Waals surface area (Å²) in [6.07, 6.45) is 4.43. The lowest BCUT2D eigenvalue weighted by atomic mass is 9.90. The van der Waals surface area contributed by atoms with E-state index in [1.165, 1.54) is 26.2 Å². The second kappa shape index (κ2) is 5.76. The molecule has 0 unspecified atom stereocenters. The van der Waals surface area contributed by atoms with E-state index >= 15 is 0 Å². The van der Waals surface area contributed by atoms with E-state index in [1.807, 2.05) is 6.07 Å². The number of fused-ring (bicyclic) bond motifs is 1. The number of rotatable bonds is 1. The van der Waals surface area contributed by atoms with Crippen LogP contribution in [0.2, 0.25) is 0 Å². The van der Waals surface area contributed by atoms with Gasteiger partial charge in [0.15, 0.2) is 5.78 Å². The van der Waals surface area contributed by atoms with Crippen molar-refractivity contribution in [2.45, 2.75) is 0 Å². The molecule has 1 aliphatic rings. The van der Waals surface area contributed by atoms with Crippen molar-refractivity contribution >= 4 is 39.4 Å². The summed E-state index contributed by atoms with van der Waals surface area (Å²) in [5, 5.41) is 10.2. The number of carbonyl (C=O) groups is 1.